The summed E-state index contributed by atoms with van der Waals surface area (Å²) in [6, 6.07) is 9.46. The van der Waals surface area contributed by atoms with Crippen molar-refractivity contribution in [2.75, 3.05) is 41.8 Å². The van der Waals surface area contributed by atoms with Gasteiger partial charge in [0, 0.05) is 35.3 Å². The highest BCUT2D eigenvalue weighted by molar-refractivity contribution is 9.10. The Morgan fingerprint density at radius 3 is 2.64 bits per heavy atom. The van der Waals surface area contributed by atoms with E-state index in [4.69, 9.17) is 16.2 Å². The Kier molecular flexibility index (Phi) is 7.33. The number of rotatable bonds is 6. The number of benzene rings is 1. The number of anilines is 4. The lowest BCUT2D eigenvalue weighted by Crippen LogP contribution is -2.43. The lowest BCUT2D eigenvalue weighted by molar-refractivity contribution is 0.100. The summed E-state index contributed by atoms with van der Waals surface area (Å²) >= 11 is 3.65. The maximum atomic E-state index is 12.1. The number of hydrogen-bond donors (Lipinski definition) is 4. The number of nitrogens with zero attached hydrogens (tertiary/aromatic N) is 3. The van der Waals surface area contributed by atoms with Crippen LogP contribution in [0, 0.1) is 11.3 Å². The summed E-state index contributed by atoms with van der Waals surface area (Å²) in [5, 5.41) is 16.2. The zero-order valence-corrected chi connectivity index (χ0v) is 19.9. The lowest BCUT2D eigenvalue weighted by atomic mass is 9.91. The molecule has 6 N–H and O–H groups in total. The number of amides is 1. The number of nitriles is 1. The molecule has 9 nitrogen and oxygen atoms in total. The summed E-state index contributed by atoms with van der Waals surface area (Å²) in [4.78, 5) is 19.0. The van der Waals surface area contributed by atoms with Crippen LogP contribution in [0.5, 0.6) is 0 Å². The molecule has 0 spiro atoms. The fraction of sp³-hybridized carbons (Fsp3) is 0.435. The molecule has 1 saturated heterocycles. The van der Waals surface area contributed by atoms with Gasteiger partial charge in [-0.1, -0.05) is 12.8 Å². The quantitative estimate of drug-likeness (QED) is 0.461. The van der Waals surface area contributed by atoms with Crippen molar-refractivity contribution in [1.82, 2.24) is 4.98 Å². The topological polar surface area (TPSA) is 142 Å². The fourth-order valence-corrected chi connectivity index (χ4v) is 4.92. The van der Waals surface area contributed by atoms with Crippen LogP contribution in [0.25, 0.3) is 0 Å². The highest BCUT2D eigenvalue weighted by Gasteiger charge is 2.24. The van der Waals surface area contributed by atoms with Gasteiger partial charge in [0.2, 0.25) is 0 Å². The van der Waals surface area contributed by atoms with Crippen molar-refractivity contribution in [3.63, 3.8) is 0 Å². The molecule has 0 bridgehead atoms. The fourth-order valence-electron chi connectivity index (χ4n) is 4.29. The standard InChI is InChI=1S/C23H28BrN7O2/c24-17-12-15(5-6-20(17)31-7-9-33-10-8-31)28-23-16(21(27)32)11-14(13-25)22(30-23)29-19-4-2-1-3-18(19)26/h5-6,11-12,18-19H,1-4,7-10,26H2,(H2,27,32)(H2,28,29,30)/t18-,19+/m0/s1. The first kappa shape index (κ1) is 23.3. The monoisotopic (exact) mass is 513 g/mol. The summed E-state index contributed by atoms with van der Waals surface area (Å²) in [7, 11) is 0. The van der Waals surface area contributed by atoms with E-state index in [1.807, 2.05) is 18.2 Å². The van der Waals surface area contributed by atoms with Crippen molar-refractivity contribution in [3.05, 3.63) is 39.9 Å². The van der Waals surface area contributed by atoms with Crippen LogP contribution in [0.2, 0.25) is 0 Å². The van der Waals surface area contributed by atoms with Crippen LogP contribution in [0.15, 0.2) is 28.7 Å². The van der Waals surface area contributed by atoms with Gasteiger partial charge in [-0.05, 0) is 53.0 Å². The second-order valence-electron chi connectivity index (χ2n) is 8.35. The van der Waals surface area contributed by atoms with Crippen LogP contribution in [0.1, 0.15) is 41.6 Å². The van der Waals surface area contributed by atoms with E-state index in [9.17, 15) is 10.1 Å². The summed E-state index contributed by atoms with van der Waals surface area (Å²) in [6.07, 6.45) is 4.00. The Balaban J connectivity index is 1.62. The third-order valence-corrected chi connectivity index (χ3v) is 6.75. The highest BCUT2D eigenvalue weighted by atomic mass is 79.9. The zero-order valence-electron chi connectivity index (χ0n) is 18.3. The number of primary amides is 1. The first-order valence-corrected chi connectivity index (χ1v) is 11.9. The number of carbonyl (C=O) groups is 1. The molecule has 1 amide bonds. The van der Waals surface area contributed by atoms with Gasteiger partial charge in [-0.3, -0.25) is 4.79 Å². The lowest BCUT2D eigenvalue weighted by Gasteiger charge is -2.30. The Labute approximate surface area is 201 Å². The van der Waals surface area contributed by atoms with Crippen LogP contribution in [0.3, 0.4) is 0 Å². The minimum absolute atomic E-state index is 0.0111. The number of halogens is 1. The molecule has 0 unspecified atom stereocenters. The molecule has 2 heterocycles. The number of nitrogens with two attached hydrogens (primary N) is 2. The molecule has 4 rings (SSSR count). The number of nitrogens with one attached hydrogen (secondary N) is 2. The molecule has 2 atom stereocenters. The molecule has 1 saturated carbocycles. The molecular weight excluding hydrogens is 486 g/mol. The van der Waals surface area contributed by atoms with Crippen molar-refractivity contribution in [3.8, 4) is 6.07 Å². The van der Waals surface area contributed by atoms with E-state index in [1.54, 1.807) is 0 Å². The van der Waals surface area contributed by atoms with Crippen molar-refractivity contribution in [1.29, 1.82) is 5.26 Å². The average Bonchev–Trinajstić information content (AvgIpc) is 2.81. The minimum atomic E-state index is -0.661. The van der Waals surface area contributed by atoms with Crippen molar-refractivity contribution in [2.24, 2.45) is 11.5 Å². The van der Waals surface area contributed by atoms with E-state index in [0.717, 1.165) is 54.6 Å². The van der Waals surface area contributed by atoms with Gasteiger partial charge in [0.1, 0.15) is 17.7 Å². The first-order chi connectivity index (χ1) is 16.0. The molecule has 1 aliphatic heterocycles. The van der Waals surface area contributed by atoms with Gasteiger partial charge in [0.05, 0.1) is 30.0 Å². The van der Waals surface area contributed by atoms with E-state index in [2.05, 4.69) is 42.5 Å². The Bertz CT molecular complexity index is 1070. The van der Waals surface area contributed by atoms with Crippen molar-refractivity contribution < 1.29 is 9.53 Å². The van der Waals surface area contributed by atoms with E-state index in [0.29, 0.717) is 24.8 Å². The molecule has 174 valence electrons. The molecule has 2 aliphatic rings. The largest absolute Gasteiger partial charge is 0.378 e. The van der Waals surface area contributed by atoms with Crippen molar-refractivity contribution >= 4 is 44.8 Å². The molecule has 0 radical (unpaired) electrons. The van der Waals surface area contributed by atoms with E-state index in [1.165, 1.54) is 6.07 Å². The molecule has 10 heteroatoms. The van der Waals surface area contributed by atoms with Gasteiger partial charge in [-0.15, -0.1) is 0 Å². The molecule has 1 aromatic carbocycles. The van der Waals surface area contributed by atoms with Crippen LogP contribution in [0.4, 0.5) is 23.0 Å². The Hall–Kier alpha value is -2.87. The van der Waals surface area contributed by atoms with Gasteiger partial charge in [0.25, 0.3) is 5.91 Å². The summed E-state index contributed by atoms with van der Waals surface area (Å²) in [5.41, 5.74) is 14.1. The molecule has 33 heavy (non-hydrogen) atoms. The second kappa shape index (κ2) is 10.4. The molecule has 2 fully saturated rings. The smallest absolute Gasteiger partial charge is 0.252 e. The predicted octanol–water partition coefficient (Wildman–Crippen LogP) is 3.08. The second-order valence-corrected chi connectivity index (χ2v) is 9.20. The summed E-state index contributed by atoms with van der Waals surface area (Å²) < 4.78 is 6.34. The number of morpholine rings is 1. The highest BCUT2D eigenvalue weighted by Crippen LogP contribution is 2.32. The number of pyridine rings is 1. The Morgan fingerprint density at radius 1 is 1.21 bits per heavy atom. The number of ether oxygens (including phenoxy) is 1. The predicted molar refractivity (Wildman–Crippen MR) is 132 cm³/mol. The van der Waals surface area contributed by atoms with Crippen LogP contribution < -0.4 is 27.0 Å². The molecule has 1 aromatic heterocycles. The third kappa shape index (κ3) is 5.38. The third-order valence-electron chi connectivity index (χ3n) is 6.11. The SMILES string of the molecule is N#Cc1cc(C(N)=O)c(Nc2ccc(N3CCOCC3)c(Br)c2)nc1N[C@@H]1CCCC[C@@H]1N. The Morgan fingerprint density at radius 2 is 1.97 bits per heavy atom. The summed E-state index contributed by atoms with van der Waals surface area (Å²) in [6.45, 7) is 3.05. The summed E-state index contributed by atoms with van der Waals surface area (Å²) in [5.74, 6) is 0.0298. The molecule has 1 aliphatic carbocycles. The van der Waals surface area contributed by atoms with Gasteiger partial charge in [-0.2, -0.15) is 5.26 Å². The minimum Gasteiger partial charge on any atom is -0.378 e. The van der Waals surface area contributed by atoms with E-state index >= 15 is 0 Å². The van der Waals surface area contributed by atoms with E-state index < -0.39 is 5.91 Å². The number of hydrogen-bond acceptors (Lipinski definition) is 8. The first-order valence-electron chi connectivity index (χ1n) is 11.1. The zero-order chi connectivity index (χ0) is 23.4. The van der Waals surface area contributed by atoms with Gasteiger partial charge < -0.3 is 31.7 Å². The van der Waals surface area contributed by atoms with Gasteiger partial charge >= 0.3 is 0 Å². The van der Waals surface area contributed by atoms with Gasteiger partial charge in [-0.25, -0.2) is 4.98 Å². The molecule has 2 aromatic rings. The van der Waals surface area contributed by atoms with Crippen LogP contribution in [-0.4, -0.2) is 49.3 Å². The maximum absolute atomic E-state index is 12.1. The van der Waals surface area contributed by atoms with E-state index in [-0.39, 0.29) is 23.2 Å². The van der Waals surface area contributed by atoms with Crippen LogP contribution >= 0.6 is 15.9 Å². The maximum Gasteiger partial charge on any atom is 0.252 e. The van der Waals surface area contributed by atoms with Gasteiger partial charge in [0.15, 0.2) is 0 Å². The van der Waals surface area contributed by atoms with Crippen LogP contribution in [-0.2, 0) is 4.74 Å². The normalized spacial score (nSPS) is 20.7. The number of carbonyl (C=O) groups excluding carboxylic acids is 1. The van der Waals surface area contributed by atoms with Crippen molar-refractivity contribution in [2.45, 2.75) is 37.8 Å². The number of aromatic nitrogens is 1. The molecular formula is C23H28BrN7O2. The average molecular weight is 514 g/mol.